The average molecular weight is 317 g/mol. The van der Waals surface area contributed by atoms with Gasteiger partial charge in [0.25, 0.3) is 0 Å². The summed E-state index contributed by atoms with van der Waals surface area (Å²) in [5.41, 5.74) is 0. The van der Waals surface area contributed by atoms with Crippen molar-refractivity contribution in [3.05, 3.63) is 0 Å². The Kier molecular flexibility index (Phi) is 22.3. The Morgan fingerprint density at radius 3 is 1.36 bits per heavy atom. The largest absolute Gasteiger partial charge is 0.426 e. The fraction of sp³-hybridized carbons (Fsp3) is 0.947. The number of rotatable bonds is 14. The Hall–Kier alpha value is -0.410. The zero-order chi connectivity index (χ0) is 17.1. The lowest BCUT2D eigenvalue weighted by molar-refractivity contribution is -0.117. The van der Waals surface area contributed by atoms with Gasteiger partial charge in [0.15, 0.2) is 0 Å². The van der Waals surface area contributed by atoms with Crippen LogP contribution in [-0.2, 0) is 9.16 Å². The minimum atomic E-state index is 0.340. The number of ketones is 1. The summed E-state index contributed by atoms with van der Waals surface area (Å²) in [7, 11) is 7.88. The molecule has 0 aliphatic heterocycles. The van der Waals surface area contributed by atoms with Gasteiger partial charge in [-0.05, 0) is 33.9 Å². The van der Waals surface area contributed by atoms with Gasteiger partial charge in [0, 0.05) is 12.8 Å². The number of Topliss-reactive ketones (excluding diaryl/α,β-unsaturated/α-hetero) is 1. The Morgan fingerprint density at radius 1 is 0.727 bits per heavy atom. The quantitative estimate of drug-likeness (QED) is 0.365. The molecule has 0 aliphatic rings. The average Bonchev–Trinajstić information content (AvgIpc) is 2.44. The van der Waals surface area contributed by atoms with Crippen LogP contribution in [0.15, 0.2) is 0 Å². The highest BCUT2D eigenvalue weighted by Gasteiger charge is 1.97. The topological polar surface area (TPSA) is 31.8 Å². The van der Waals surface area contributed by atoms with E-state index in [0.717, 1.165) is 19.4 Å². The molecule has 0 saturated heterocycles. The summed E-state index contributed by atoms with van der Waals surface area (Å²) in [4.78, 5) is 10.8. The van der Waals surface area contributed by atoms with E-state index in [2.05, 4.69) is 23.9 Å². The van der Waals surface area contributed by atoms with Crippen molar-refractivity contribution in [1.82, 2.24) is 5.32 Å². The number of hydrogen-bond acceptors (Lipinski definition) is 2. The molecule has 0 aromatic rings. The van der Waals surface area contributed by atoms with Crippen LogP contribution in [0.3, 0.4) is 0 Å². The molecule has 134 valence electrons. The molecule has 0 aromatic carbocycles. The summed E-state index contributed by atoms with van der Waals surface area (Å²) in [6.45, 7) is 2.84. The molecular weight excluding hydrogens is 274 g/mol. The van der Waals surface area contributed by atoms with Crippen molar-refractivity contribution in [2.24, 2.45) is 0 Å². The third-order valence-electron chi connectivity index (χ3n) is 3.58. The van der Waals surface area contributed by atoms with Crippen molar-refractivity contribution >= 4 is 5.78 Å². The second kappa shape index (κ2) is 20.6. The minimum Gasteiger partial charge on any atom is -0.426 e. The molecule has 0 amide bonds. The van der Waals surface area contributed by atoms with E-state index in [9.17, 15) is 4.79 Å². The molecule has 0 aliphatic carbocycles. The highest BCUT2D eigenvalue weighted by Crippen LogP contribution is 2.12. The molecule has 0 fully saturated rings. The van der Waals surface area contributed by atoms with Crippen LogP contribution >= 0.6 is 0 Å². The van der Waals surface area contributed by atoms with E-state index in [0.29, 0.717) is 5.78 Å². The van der Waals surface area contributed by atoms with E-state index < -0.39 is 0 Å². The fourth-order valence-corrected chi connectivity index (χ4v) is 2.36. The number of carbonyl (C=O) groups excluding carboxylic acids is 1. The van der Waals surface area contributed by atoms with Crippen LogP contribution in [0.25, 0.3) is 0 Å². The second-order valence-electron chi connectivity index (χ2n) is 6.53. The highest BCUT2D eigenvalue weighted by atomic mass is 16.7. The molecule has 0 aromatic heterocycles. The van der Waals surface area contributed by atoms with Gasteiger partial charge >= 0.3 is 0 Å². The zero-order valence-corrected chi connectivity index (χ0v) is 16.0. The first-order valence-corrected chi connectivity index (χ1v) is 9.16. The summed E-state index contributed by atoms with van der Waals surface area (Å²) in [6, 6.07) is 0. The van der Waals surface area contributed by atoms with Gasteiger partial charge in [-0.1, -0.05) is 51.4 Å². The van der Waals surface area contributed by atoms with E-state index in [4.69, 9.17) is 0 Å². The Morgan fingerprint density at radius 2 is 1.05 bits per heavy atom. The van der Waals surface area contributed by atoms with E-state index in [1.165, 1.54) is 64.2 Å². The van der Waals surface area contributed by atoms with Gasteiger partial charge < -0.3 is 14.5 Å². The summed E-state index contributed by atoms with van der Waals surface area (Å²) in [5, 5.41) is 2.75. The Bertz CT molecular complexity index is 217. The number of nitrogens with one attached hydrogen (secondary N) is 1. The second-order valence-corrected chi connectivity index (χ2v) is 6.53. The van der Waals surface area contributed by atoms with Crippen molar-refractivity contribution in [3.8, 4) is 0 Å². The van der Waals surface area contributed by atoms with Crippen LogP contribution in [0, 0.1) is 0 Å². The van der Waals surface area contributed by atoms with Gasteiger partial charge in [0.05, 0.1) is 0 Å². The lowest BCUT2D eigenvalue weighted by atomic mass is 10.0. The summed E-state index contributed by atoms with van der Waals surface area (Å²) >= 11 is 0. The van der Waals surface area contributed by atoms with Gasteiger partial charge in [-0.3, -0.25) is 0 Å². The van der Waals surface area contributed by atoms with Crippen LogP contribution in [0.2, 0.25) is 0 Å². The third kappa shape index (κ3) is 27.9. The lowest BCUT2D eigenvalue weighted by Crippen LogP contribution is -2.03. The standard InChI is InChI=1S/C17H35O2.C2H7N/c1-17(18)15-13-11-9-7-5-4-6-8-10-12-14-16-19(2)3;1-3-2/h4-16H2,1-3H3;3H,1-2H3/q+1;. The molecule has 0 bridgehead atoms. The normalized spacial score (nSPS) is 10.5. The summed E-state index contributed by atoms with van der Waals surface area (Å²) < 4.78 is 2.97. The predicted molar refractivity (Wildman–Crippen MR) is 98.9 cm³/mol. The fourth-order valence-electron chi connectivity index (χ4n) is 2.36. The number of carbonyl (C=O) groups is 1. The van der Waals surface area contributed by atoms with Gasteiger partial charge in [-0.25, -0.2) is 0 Å². The van der Waals surface area contributed by atoms with Gasteiger partial charge in [0.2, 0.25) is 0 Å². The monoisotopic (exact) mass is 316 g/mol. The molecule has 0 rings (SSSR count). The van der Waals surface area contributed by atoms with E-state index in [1.807, 2.05) is 14.1 Å². The molecule has 0 atom stereocenters. The van der Waals surface area contributed by atoms with E-state index in [1.54, 1.807) is 6.92 Å². The molecule has 3 heteroatoms. The molecule has 0 saturated carbocycles. The van der Waals surface area contributed by atoms with Gasteiger partial charge in [-0.2, -0.15) is 0 Å². The predicted octanol–water partition coefficient (Wildman–Crippen LogP) is 4.90. The van der Waals surface area contributed by atoms with Crippen molar-refractivity contribution in [1.29, 1.82) is 0 Å². The van der Waals surface area contributed by atoms with Gasteiger partial charge in [-0.15, -0.1) is 0 Å². The molecule has 0 unspecified atom stereocenters. The molecule has 0 radical (unpaired) electrons. The van der Waals surface area contributed by atoms with Crippen LogP contribution < -0.4 is 5.32 Å². The zero-order valence-electron chi connectivity index (χ0n) is 16.0. The van der Waals surface area contributed by atoms with Crippen LogP contribution in [0.4, 0.5) is 0 Å². The molecule has 1 N–H and O–H groups in total. The summed E-state index contributed by atoms with van der Waals surface area (Å²) in [6.07, 6.45) is 15.5. The van der Waals surface area contributed by atoms with Crippen molar-refractivity contribution in [2.45, 2.75) is 84.0 Å². The maximum Gasteiger partial charge on any atom is 0.145 e. The molecule has 22 heavy (non-hydrogen) atoms. The SMILES string of the molecule is CC(=O)CCCCCCCCCCCCC[O+](C)C.CNC. The Balaban J connectivity index is 0. The van der Waals surface area contributed by atoms with Crippen molar-refractivity contribution in [3.63, 3.8) is 0 Å². The van der Waals surface area contributed by atoms with Crippen LogP contribution in [0.5, 0.6) is 0 Å². The maximum absolute atomic E-state index is 10.8. The van der Waals surface area contributed by atoms with Crippen molar-refractivity contribution in [2.75, 3.05) is 34.9 Å². The smallest absolute Gasteiger partial charge is 0.145 e. The Labute approximate surface area is 139 Å². The van der Waals surface area contributed by atoms with Crippen molar-refractivity contribution < 1.29 is 9.16 Å². The van der Waals surface area contributed by atoms with Crippen LogP contribution in [0.1, 0.15) is 84.0 Å². The number of unbranched alkanes of at least 4 members (excludes halogenated alkanes) is 10. The highest BCUT2D eigenvalue weighted by molar-refractivity contribution is 5.75. The lowest BCUT2D eigenvalue weighted by Gasteiger charge is -2.06. The molecular formula is C19H42NO2+. The van der Waals surface area contributed by atoms with E-state index in [-0.39, 0.29) is 0 Å². The molecule has 0 heterocycles. The maximum atomic E-state index is 10.8. The van der Waals surface area contributed by atoms with Crippen LogP contribution in [-0.4, -0.2) is 40.7 Å². The molecule has 0 spiro atoms. The van der Waals surface area contributed by atoms with Gasteiger partial charge in [0.1, 0.15) is 26.6 Å². The third-order valence-corrected chi connectivity index (χ3v) is 3.58. The minimum absolute atomic E-state index is 0.340. The number of hydrogen-bond donors (Lipinski definition) is 1. The summed E-state index contributed by atoms with van der Waals surface area (Å²) in [5.74, 6) is 0.340. The first-order chi connectivity index (χ1) is 10.5. The first kappa shape index (κ1) is 23.9. The molecule has 3 nitrogen and oxygen atoms in total. The van der Waals surface area contributed by atoms with E-state index >= 15 is 0 Å². The first-order valence-electron chi connectivity index (χ1n) is 9.16.